The molecule has 0 spiro atoms. The number of hydrogen-bond donors (Lipinski definition) is 1. The molecule has 1 N–H and O–H groups in total. The van der Waals surface area contributed by atoms with Crippen LogP contribution in [0.3, 0.4) is 0 Å². The molecule has 0 saturated carbocycles. The number of nitrogens with one attached hydrogen (secondary N) is 1. The van der Waals surface area contributed by atoms with E-state index in [1.807, 2.05) is 0 Å². The molecule has 2 rings (SSSR count). The number of ether oxygens (including phenoxy) is 1. The van der Waals surface area contributed by atoms with Crippen molar-refractivity contribution in [2.24, 2.45) is 0 Å². The van der Waals surface area contributed by atoms with Crippen LogP contribution in [0.15, 0.2) is 48.0 Å². The number of methoxy groups -OCH3 is 1. The lowest BCUT2D eigenvalue weighted by Gasteiger charge is -2.07. The summed E-state index contributed by atoms with van der Waals surface area (Å²) in [5, 5.41) is 23.0. The van der Waals surface area contributed by atoms with Crippen molar-refractivity contribution in [1.82, 2.24) is 0 Å². The van der Waals surface area contributed by atoms with Crippen LogP contribution in [-0.2, 0) is 4.79 Å². The van der Waals surface area contributed by atoms with Gasteiger partial charge in [-0.15, -0.1) is 0 Å². The molecule has 0 unspecified atom stereocenters. The van der Waals surface area contributed by atoms with Gasteiger partial charge in [-0.3, -0.25) is 14.9 Å². The van der Waals surface area contributed by atoms with Gasteiger partial charge in [-0.1, -0.05) is 23.7 Å². The van der Waals surface area contributed by atoms with E-state index in [-0.39, 0.29) is 16.8 Å². The summed E-state index contributed by atoms with van der Waals surface area (Å²) in [4.78, 5) is 22.7. The smallest absolute Gasteiger partial charge is 0.276 e. The minimum atomic E-state index is -0.707. The number of nitriles is 1. The Morgan fingerprint density at radius 2 is 2.08 bits per heavy atom. The minimum absolute atomic E-state index is 0.159. The van der Waals surface area contributed by atoms with Crippen LogP contribution in [0.25, 0.3) is 6.08 Å². The summed E-state index contributed by atoms with van der Waals surface area (Å²) in [6.07, 6.45) is 1.17. The molecule has 0 aliphatic heterocycles. The maximum absolute atomic E-state index is 12.2. The first kappa shape index (κ1) is 18.0. The molecule has 2 aromatic carbocycles. The fourth-order valence-electron chi connectivity index (χ4n) is 2.02. The second-order valence-electron chi connectivity index (χ2n) is 4.79. The molecule has 25 heavy (non-hydrogen) atoms. The van der Waals surface area contributed by atoms with Crippen molar-refractivity contribution in [2.45, 2.75) is 0 Å². The van der Waals surface area contributed by atoms with Gasteiger partial charge in [0, 0.05) is 11.8 Å². The SMILES string of the molecule is COc1ccc(NC(=O)/C(C#N)=C/c2ccccc2[N+](=O)[O-])cc1Cl. The number of nitro groups is 1. The molecule has 0 saturated heterocycles. The van der Waals surface area contributed by atoms with Gasteiger partial charge in [0.05, 0.1) is 22.6 Å². The molecule has 0 aliphatic rings. The molecule has 126 valence electrons. The van der Waals surface area contributed by atoms with Crippen molar-refractivity contribution in [3.05, 3.63) is 68.7 Å². The van der Waals surface area contributed by atoms with Gasteiger partial charge in [0.2, 0.25) is 0 Å². The van der Waals surface area contributed by atoms with Crippen molar-refractivity contribution < 1.29 is 14.5 Å². The number of carbonyl (C=O) groups excluding carboxylic acids is 1. The van der Waals surface area contributed by atoms with E-state index in [2.05, 4.69) is 5.32 Å². The summed E-state index contributed by atoms with van der Waals surface area (Å²) in [7, 11) is 1.46. The number of hydrogen-bond acceptors (Lipinski definition) is 5. The standard InChI is InChI=1S/C17H12ClN3O4/c1-25-16-7-6-13(9-14(16)18)20-17(22)12(10-19)8-11-4-2-3-5-15(11)21(23)24/h2-9H,1H3,(H,20,22)/b12-8+. The normalized spacial score (nSPS) is 10.7. The zero-order chi connectivity index (χ0) is 18.4. The van der Waals surface area contributed by atoms with E-state index in [0.717, 1.165) is 0 Å². The highest BCUT2D eigenvalue weighted by Gasteiger charge is 2.15. The lowest BCUT2D eigenvalue weighted by atomic mass is 10.1. The molecule has 0 bridgehead atoms. The first-order valence-electron chi connectivity index (χ1n) is 6.96. The van der Waals surface area contributed by atoms with Crippen LogP contribution in [0, 0.1) is 21.4 Å². The fourth-order valence-corrected chi connectivity index (χ4v) is 2.28. The molecule has 0 radical (unpaired) electrons. The number of carbonyl (C=O) groups is 1. The maximum Gasteiger partial charge on any atom is 0.276 e. The Hall–Kier alpha value is -3.37. The summed E-state index contributed by atoms with van der Waals surface area (Å²) in [6, 6.07) is 12.2. The molecule has 1 amide bonds. The van der Waals surface area contributed by atoms with Crippen molar-refractivity contribution >= 4 is 35.0 Å². The second-order valence-corrected chi connectivity index (χ2v) is 5.20. The van der Waals surface area contributed by atoms with Gasteiger partial charge < -0.3 is 10.1 Å². The number of nitro benzene ring substituents is 1. The monoisotopic (exact) mass is 357 g/mol. The highest BCUT2D eigenvalue weighted by Crippen LogP contribution is 2.27. The zero-order valence-electron chi connectivity index (χ0n) is 13.0. The van der Waals surface area contributed by atoms with E-state index in [0.29, 0.717) is 16.5 Å². The van der Waals surface area contributed by atoms with E-state index >= 15 is 0 Å². The topological polar surface area (TPSA) is 105 Å². The molecule has 0 atom stereocenters. The van der Waals surface area contributed by atoms with Gasteiger partial charge in [0.1, 0.15) is 17.4 Å². The third-order valence-electron chi connectivity index (χ3n) is 3.21. The Bertz CT molecular complexity index is 903. The number of benzene rings is 2. The third-order valence-corrected chi connectivity index (χ3v) is 3.50. The number of para-hydroxylation sites is 1. The van der Waals surface area contributed by atoms with E-state index in [9.17, 15) is 20.2 Å². The van der Waals surface area contributed by atoms with E-state index < -0.39 is 10.8 Å². The van der Waals surface area contributed by atoms with Crippen LogP contribution in [0.1, 0.15) is 5.56 Å². The molecule has 0 aromatic heterocycles. The Balaban J connectivity index is 2.29. The molecule has 0 aliphatic carbocycles. The second kappa shape index (κ2) is 7.95. The Morgan fingerprint density at radius 3 is 2.68 bits per heavy atom. The molecule has 0 fully saturated rings. The molecular weight excluding hydrogens is 346 g/mol. The number of amides is 1. The molecule has 0 heterocycles. The van der Waals surface area contributed by atoms with Crippen molar-refractivity contribution in [3.63, 3.8) is 0 Å². The van der Waals surface area contributed by atoms with E-state index in [4.69, 9.17) is 16.3 Å². The van der Waals surface area contributed by atoms with Gasteiger partial charge in [0.25, 0.3) is 11.6 Å². The van der Waals surface area contributed by atoms with Crippen LogP contribution in [0.4, 0.5) is 11.4 Å². The van der Waals surface area contributed by atoms with Crippen molar-refractivity contribution in [3.8, 4) is 11.8 Å². The first-order chi connectivity index (χ1) is 12.0. The summed E-state index contributed by atoms with van der Waals surface area (Å²) >= 11 is 5.98. The molecular formula is C17H12ClN3O4. The number of halogens is 1. The molecule has 2 aromatic rings. The summed E-state index contributed by atoms with van der Waals surface area (Å²) in [6.45, 7) is 0. The van der Waals surface area contributed by atoms with Crippen molar-refractivity contribution in [2.75, 3.05) is 12.4 Å². The van der Waals surface area contributed by atoms with Gasteiger partial charge >= 0.3 is 0 Å². The Kier molecular flexibility index (Phi) is 5.71. The summed E-state index contributed by atoms with van der Waals surface area (Å²) in [5.41, 5.74) is 0.0447. The van der Waals surface area contributed by atoms with Gasteiger partial charge in [0.15, 0.2) is 0 Å². The quantitative estimate of drug-likeness (QED) is 0.379. The first-order valence-corrected chi connectivity index (χ1v) is 7.34. The summed E-state index contributed by atoms with van der Waals surface area (Å²) < 4.78 is 5.02. The van der Waals surface area contributed by atoms with Crippen molar-refractivity contribution in [1.29, 1.82) is 5.26 Å². The van der Waals surface area contributed by atoms with E-state index in [1.54, 1.807) is 24.3 Å². The lowest BCUT2D eigenvalue weighted by molar-refractivity contribution is -0.385. The number of nitrogens with zero attached hydrogens (tertiary/aromatic N) is 2. The predicted octanol–water partition coefficient (Wildman–Crippen LogP) is 3.80. The molecule has 8 heteroatoms. The molecule has 7 nitrogen and oxygen atoms in total. The van der Waals surface area contributed by atoms with E-state index in [1.165, 1.54) is 37.5 Å². The van der Waals surface area contributed by atoms with Gasteiger partial charge in [-0.05, 0) is 30.3 Å². The number of rotatable bonds is 5. The third kappa shape index (κ3) is 4.34. The highest BCUT2D eigenvalue weighted by molar-refractivity contribution is 6.32. The van der Waals surface area contributed by atoms with Crippen LogP contribution < -0.4 is 10.1 Å². The van der Waals surface area contributed by atoms with Gasteiger partial charge in [-0.2, -0.15) is 5.26 Å². The van der Waals surface area contributed by atoms with Crippen LogP contribution in [0.2, 0.25) is 5.02 Å². The minimum Gasteiger partial charge on any atom is -0.495 e. The average Bonchev–Trinajstić information content (AvgIpc) is 2.59. The predicted molar refractivity (Wildman–Crippen MR) is 93.3 cm³/mol. The maximum atomic E-state index is 12.2. The Morgan fingerprint density at radius 1 is 1.36 bits per heavy atom. The highest BCUT2D eigenvalue weighted by atomic mass is 35.5. The lowest BCUT2D eigenvalue weighted by Crippen LogP contribution is -2.13. The summed E-state index contributed by atoms with van der Waals surface area (Å²) in [5.74, 6) is -0.266. The van der Waals surface area contributed by atoms with Crippen LogP contribution in [0.5, 0.6) is 5.75 Å². The Labute approximate surface area is 148 Å². The van der Waals surface area contributed by atoms with Crippen LogP contribution in [-0.4, -0.2) is 17.9 Å². The number of anilines is 1. The van der Waals surface area contributed by atoms with Crippen LogP contribution >= 0.6 is 11.6 Å². The van der Waals surface area contributed by atoms with Gasteiger partial charge in [-0.25, -0.2) is 0 Å². The largest absolute Gasteiger partial charge is 0.495 e. The fraction of sp³-hybridized carbons (Fsp3) is 0.0588. The average molecular weight is 358 g/mol. The zero-order valence-corrected chi connectivity index (χ0v) is 13.8.